The lowest BCUT2D eigenvalue weighted by molar-refractivity contribution is -0.121. The Morgan fingerprint density at radius 1 is 0.906 bits per heavy atom. The van der Waals surface area contributed by atoms with Crippen LogP contribution in [-0.2, 0) is 9.59 Å². The van der Waals surface area contributed by atoms with Crippen LogP contribution < -0.4 is 19.7 Å². The summed E-state index contributed by atoms with van der Waals surface area (Å²) >= 11 is 0. The number of benzene rings is 3. The van der Waals surface area contributed by atoms with E-state index in [0.717, 1.165) is 10.6 Å². The van der Waals surface area contributed by atoms with Gasteiger partial charge >= 0.3 is 0 Å². The molecule has 0 radical (unpaired) electrons. The molecule has 162 valence electrons. The van der Waals surface area contributed by atoms with Gasteiger partial charge < -0.3 is 14.8 Å². The van der Waals surface area contributed by atoms with E-state index < -0.39 is 0 Å². The van der Waals surface area contributed by atoms with Crippen LogP contribution in [0.5, 0.6) is 17.2 Å². The van der Waals surface area contributed by atoms with E-state index >= 15 is 0 Å². The quantitative estimate of drug-likeness (QED) is 0.545. The van der Waals surface area contributed by atoms with Gasteiger partial charge in [0.25, 0.3) is 5.91 Å². The molecule has 0 spiro atoms. The van der Waals surface area contributed by atoms with Crippen LogP contribution in [0.1, 0.15) is 30.1 Å². The number of para-hydroxylation sites is 2. The van der Waals surface area contributed by atoms with E-state index in [1.165, 1.54) is 6.07 Å². The summed E-state index contributed by atoms with van der Waals surface area (Å²) in [6, 6.07) is 20.7. The average molecular weight is 430 g/mol. The minimum absolute atomic E-state index is 0.186. The number of carbonyl (C=O) groups excluding carboxylic acids is 3. The van der Waals surface area contributed by atoms with Crippen LogP contribution >= 0.6 is 0 Å². The van der Waals surface area contributed by atoms with Gasteiger partial charge in [-0.2, -0.15) is 0 Å². The fraction of sp³-hybridized carbons (Fsp3) is 0.160. The third-order valence-corrected chi connectivity index (χ3v) is 4.92. The predicted molar refractivity (Wildman–Crippen MR) is 120 cm³/mol. The zero-order chi connectivity index (χ0) is 22.5. The standard InChI is InChI=1S/C25H22N2O5/c1-2-31-19-10-12-20(13-11-19)32-22-9-4-3-8-21(22)26-25(30)17-6-5-7-18(16-17)27-23(28)14-15-24(27)29/h3-13,16H,2,14-15H2,1H3,(H,26,30). The van der Waals surface area contributed by atoms with Crippen molar-refractivity contribution < 1.29 is 23.9 Å². The number of amides is 3. The molecule has 32 heavy (non-hydrogen) atoms. The molecule has 0 saturated carbocycles. The van der Waals surface area contributed by atoms with Gasteiger partial charge in [-0.15, -0.1) is 0 Å². The van der Waals surface area contributed by atoms with E-state index in [9.17, 15) is 14.4 Å². The number of hydrogen-bond donors (Lipinski definition) is 1. The summed E-state index contributed by atoms with van der Waals surface area (Å²) in [4.78, 5) is 38.0. The van der Waals surface area contributed by atoms with E-state index in [0.29, 0.717) is 35.0 Å². The van der Waals surface area contributed by atoms with Gasteiger partial charge in [-0.05, 0) is 61.5 Å². The van der Waals surface area contributed by atoms with Crippen LogP contribution in [0.15, 0.2) is 72.8 Å². The Bertz CT molecular complexity index is 1140. The van der Waals surface area contributed by atoms with Crippen molar-refractivity contribution in [1.82, 2.24) is 0 Å². The van der Waals surface area contributed by atoms with Crippen LogP contribution in [0.25, 0.3) is 0 Å². The summed E-state index contributed by atoms with van der Waals surface area (Å²) in [5, 5.41) is 2.84. The summed E-state index contributed by atoms with van der Waals surface area (Å²) in [6.45, 7) is 2.50. The highest BCUT2D eigenvalue weighted by Crippen LogP contribution is 2.31. The third kappa shape index (κ3) is 4.62. The molecule has 0 aromatic heterocycles. The Morgan fingerprint density at radius 2 is 1.59 bits per heavy atom. The SMILES string of the molecule is CCOc1ccc(Oc2ccccc2NC(=O)c2cccc(N3C(=O)CCC3=O)c2)cc1. The molecular formula is C25H22N2O5. The molecule has 1 aliphatic rings. The first-order valence-electron chi connectivity index (χ1n) is 10.3. The van der Waals surface area contributed by atoms with E-state index in [-0.39, 0.29) is 30.6 Å². The Balaban J connectivity index is 1.51. The average Bonchev–Trinajstić information content (AvgIpc) is 3.14. The van der Waals surface area contributed by atoms with Crippen LogP contribution in [0.3, 0.4) is 0 Å². The second-order valence-corrected chi connectivity index (χ2v) is 7.13. The highest BCUT2D eigenvalue weighted by atomic mass is 16.5. The monoisotopic (exact) mass is 430 g/mol. The molecule has 0 atom stereocenters. The second-order valence-electron chi connectivity index (χ2n) is 7.13. The summed E-state index contributed by atoms with van der Waals surface area (Å²) in [5.74, 6) is 0.919. The molecule has 3 aromatic rings. The number of rotatable bonds is 7. The number of imide groups is 1. The summed E-state index contributed by atoms with van der Waals surface area (Å²) in [5.41, 5.74) is 1.21. The number of carbonyl (C=O) groups is 3. The van der Waals surface area contributed by atoms with Gasteiger partial charge in [0.15, 0.2) is 5.75 Å². The lowest BCUT2D eigenvalue weighted by Crippen LogP contribution is -2.28. The Kier molecular flexibility index (Phi) is 6.17. The van der Waals surface area contributed by atoms with Crippen LogP contribution in [0, 0.1) is 0 Å². The molecule has 7 heteroatoms. The van der Waals surface area contributed by atoms with Crippen molar-refractivity contribution in [1.29, 1.82) is 0 Å². The van der Waals surface area contributed by atoms with Gasteiger partial charge in [-0.25, -0.2) is 0 Å². The molecular weight excluding hydrogens is 408 g/mol. The maximum atomic E-state index is 12.9. The number of hydrogen-bond acceptors (Lipinski definition) is 5. The molecule has 1 aliphatic heterocycles. The van der Waals surface area contributed by atoms with Crippen molar-refractivity contribution in [3.05, 3.63) is 78.4 Å². The van der Waals surface area contributed by atoms with Gasteiger partial charge in [0, 0.05) is 18.4 Å². The second kappa shape index (κ2) is 9.34. The lowest BCUT2D eigenvalue weighted by Gasteiger charge is -2.15. The van der Waals surface area contributed by atoms with E-state index in [1.54, 1.807) is 48.5 Å². The van der Waals surface area contributed by atoms with Crippen LogP contribution in [-0.4, -0.2) is 24.3 Å². The highest BCUT2D eigenvalue weighted by Gasteiger charge is 2.30. The Morgan fingerprint density at radius 3 is 2.31 bits per heavy atom. The molecule has 1 fully saturated rings. The molecule has 0 aliphatic carbocycles. The van der Waals surface area contributed by atoms with Gasteiger partial charge in [-0.3, -0.25) is 19.3 Å². The molecule has 3 aromatic carbocycles. The van der Waals surface area contributed by atoms with E-state index in [2.05, 4.69) is 5.32 Å². The molecule has 0 unspecified atom stereocenters. The maximum Gasteiger partial charge on any atom is 0.255 e. The Hall–Kier alpha value is -4.13. The van der Waals surface area contributed by atoms with E-state index in [4.69, 9.17) is 9.47 Å². The zero-order valence-corrected chi connectivity index (χ0v) is 17.5. The smallest absolute Gasteiger partial charge is 0.255 e. The van der Waals surface area contributed by atoms with Gasteiger partial charge in [-0.1, -0.05) is 18.2 Å². The van der Waals surface area contributed by atoms with Gasteiger partial charge in [0.05, 0.1) is 18.0 Å². The maximum absolute atomic E-state index is 12.9. The topological polar surface area (TPSA) is 84.9 Å². The van der Waals surface area contributed by atoms with Crippen molar-refractivity contribution in [2.45, 2.75) is 19.8 Å². The molecule has 7 nitrogen and oxygen atoms in total. The fourth-order valence-electron chi connectivity index (χ4n) is 3.40. The van der Waals surface area contributed by atoms with E-state index in [1.807, 2.05) is 25.1 Å². The first kappa shape index (κ1) is 21.1. The van der Waals surface area contributed by atoms with Crippen molar-refractivity contribution in [2.75, 3.05) is 16.8 Å². The molecule has 1 N–H and O–H groups in total. The van der Waals surface area contributed by atoms with Crippen molar-refractivity contribution in [3.63, 3.8) is 0 Å². The number of anilines is 2. The number of ether oxygens (including phenoxy) is 2. The normalized spacial score (nSPS) is 13.2. The summed E-state index contributed by atoms with van der Waals surface area (Å²) in [6.07, 6.45) is 0.372. The molecule has 1 heterocycles. The zero-order valence-electron chi connectivity index (χ0n) is 17.5. The third-order valence-electron chi connectivity index (χ3n) is 4.92. The predicted octanol–water partition coefficient (Wildman–Crippen LogP) is 4.78. The van der Waals surface area contributed by atoms with Crippen molar-refractivity contribution in [2.24, 2.45) is 0 Å². The first-order chi connectivity index (χ1) is 15.5. The molecule has 4 rings (SSSR count). The Labute approximate surface area is 185 Å². The van der Waals surface area contributed by atoms with Crippen molar-refractivity contribution >= 4 is 29.1 Å². The minimum Gasteiger partial charge on any atom is -0.494 e. The fourth-order valence-corrected chi connectivity index (χ4v) is 3.40. The minimum atomic E-state index is -0.381. The summed E-state index contributed by atoms with van der Waals surface area (Å²) < 4.78 is 11.4. The van der Waals surface area contributed by atoms with Gasteiger partial charge in [0.2, 0.25) is 11.8 Å². The van der Waals surface area contributed by atoms with Gasteiger partial charge in [0.1, 0.15) is 11.5 Å². The largest absolute Gasteiger partial charge is 0.494 e. The number of nitrogens with zero attached hydrogens (tertiary/aromatic N) is 1. The van der Waals surface area contributed by atoms with Crippen LogP contribution in [0.2, 0.25) is 0 Å². The van der Waals surface area contributed by atoms with Crippen molar-refractivity contribution in [3.8, 4) is 17.2 Å². The molecule has 0 bridgehead atoms. The first-order valence-corrected chi connectivity index (χ1v) is 10.3. The summed E-state index contributed by atoms with van der Waals surface area (Å²) in [7, 11) is 0. The lowest BCUT2D eigenvalue weighted by atomic mass is 10.1. The molecule has 3 amide bonds. The highest BCUT2D eigenvalue weighted by molar-refractivity contribution is 6.20. The molecule has 1 saturated heterocycles. The number of nitrogens with one attached hydrogen (secondary N) is 1. The van der Waals surface area contributed by atoms with Crippen LogP contribution in [0.4, 0.5) is 11.4 Å².